The Balaban J connectivity index is 1.17. The minimum absolute atomic E-state index is 0.0334. The maximum absolute atomic E-state index is 13.2. The number of thioether (sulfide) groups is 1. The topological polar surface area (TPSA) is 52.9 Å². The summed E-state index contributed by atoms with van der Waals surface area (Å²) in [7, 11) is 0. The summed E-state index contributed by atoms with van der Waals surface area (Å²) in [6.07, 6.45) is 4.80. The molecular formula is C29H24N2O4S2. The molecule has 0 aliphatic carbocycles. The van der Waals surface area contributed by atoms with E-state index in [1.54, 1.807) is 4.90 Å². The van der Waals surface area contributed by atoms with Crippen molar-refractivity contribution in [3.05, 3.63) is 95.0 Å². The van der Waals surface area contributed by atoms with E-state index >= 15 is 0 Å². The van der Waals surface area contributed by atoms with Gasteiger partial charge in [0.25, 0.3) is 5.91 Å². The van der Waals surface area contributed by atoms with Gasteiger partial charge in [-0.1, -0.05) is 72.5 Å². The molecule has 0 atom stereocenters. The van der Waals surface area contributed by atoms with Gasteiger partial charge in [-0.25, -0.2) is 0 Å². The van der Waals surface area contributed by atoms with Crippen molar-refractivity contribution >= 4 is 51.2 Å². The smallest absolute Gasteiger partial charge is 0.266 e. The van der Waals surface area contributed by atoms with E-state index in [-0.39, 0.29) is 12.7 Å². The zero-order chi connectivity index (χ0) is 25.2. The van der Waals surface area contributed by atoms with Crippen LogP contribution in [-0.4, -0.2) is 39.6 Å². The fourth-order valence-corrected chi connectivity index (χ4v) is 5.82. The summed E-state index contributed by atoms with van der Waals surface area (Å²) in [5.74, 6) is 2.14. The van der Waals surface area contributed by atoms with E-state index in [0.29, 0.717) is 34.7 Å². The van der Waals surface area contributed by atoms with Crippen molar-refractivity contribution in [2.45, 2.75) is 13.0 Å². The number of hydrogen-bond acceptors (Lipinski definition) is 6. The average Bonchev–Trinajstić information content (AvgIpc) is 3.60. The minimum Gasteiger partial charge on any atom is -0.492 e. The number of nitrogens with zero attached hydrogens (tertiary/aromatic N) is 2. The molecule has 37 heavy (non-hydrogen) atoms. The zero-order valence-corrected chi connectivity index (χ0v) is 21.6. The first-order chi connectivity index (χ1) is 18.2. The number of hydrogen-bond donors (Lipinski definition) is 0. The van der Waals surface area contributed by atoms with Gasteiger partial charge in [0.2, 0.25) is 6.79 Å². The van der Waals surface area contributed by atoms with Crippen LogP contribution in [0.2, 0.25) is 0 Å². The number of rotatable bonds is 8. The van der Waals surface area contributed by atoms with E-state index in [4.69, 9.17) is 26.4 Å². The van der Waals surface area contributed by atoms with Crippen molar-refractivity contribution in [3.8, 4) is 17.2 Å². The van der Waals surface area contributed by atoms with E-state index in [0.717, 1.165) is 34.4 Å². The Hall–Kier alpha value is -3.75. The van der Waals surface area contributed by atoms with Crippen LogP contribution < -0.4 is 14.2 Å². The minimum atomic E-state index is -0.0334. The lowest BCUT2D eigenvalue weighted by Crippen LogP contribution is -2.30. The predicted molar refractivity (Wildman–Crippen MR) is 150 cm³/mol. The first-order valence-electron chi connectivity index (χ1n) is 12.1. The van der Waals surface area contributed by atoms with E-state index in [1.165, 1.54) is 17.3 Å². The lowest BCUT2D eigenvalue weighted by atomic mass is 10.1. The lowest BCUT2D eigenvalue weighted by molar-refractivity contribution is -0.122. The largest absolute Gasteiger partial charge is 0.492 e. The summed E-state index contributed by atoms with van der Waals surface area (Å²) in [5.41, 5.74) is 3.26. The van der Waals surface area contributed by atoms with Crippen molar-refractivity contribution in [2.75, 3.05) is 19.9 Å². The molecule has 1 fully saturated rings. The van der Waals surface area contributed by atoms with Gasteiger partial charge in [-0.2, -0.15) is 0 Å². The molecule has 0 spiro atoms. The second-order valence-corrected chi connectivity index (χ2v) is 10.4. The summed E-state index contributed by atoms with van der Waals surface area (Å²) >= 11 is 6.92. The van der Waals surface area contributed by atoms with Gasteiger partial charge >= 0.3 is 0 Å². The maximum atomic E-state index is 13.2. The molecule has 0 unspecified atom stereocenters. The molecule has 186 valence electrons. The van der Waals surface area contributed by atoms with Gasteiger partial charge in [-0.15, -0.1) is 0 Å². The maximum Gasteiger partial charge on any atom is 0.266 e. The molecule has 0 saturated carbocycles. The number of para-hydroxylation sites is 1. The van der Waals surface area contributed by atoms with Crippen molar-refractivity contribution in [1.82, 2.24) is 9.47 Å². The van der Waals surface area contributed by atoms with Gasteiger partial charge < -0.3 is 18.8 Å². The Kier molecular flexibility index (Phi) is 6.59. The van der Waals surface area contributed by atoms with Crippen molar-refractivity contribution in [3.63, 3.8) is 0 Å². The number of benzene rings is 3. The number of carbonyl (C=O) groups excluding carboxylic acids is 1. The summed E-state index contributed by atoms with van der Waals surface area (Å²) in [6, 6.07) is 23.9. The molecule has 1 saturated heterocycles. The molecule has 0 bridgehead atoms. The SMILES string of the molecule is O=C1/C(=C/c2cn(CCOc3ccc4c(c3)OCO4)c3ccccc23)SC(=S)N1CCc1ccccc1. The molecule has 2 aliphatic heterocycles. The van der Waals surface area contributed by atoms with Crippen LogP contribution in [0.15, 0.2) is 83.9 Å². The molecule has 6 rings (SSSR count). The Bertz CT molecular complexity index is 1510. The average molecular weight is 529 g/mol. The molecule has 0 N–H and O–H groups in total. The van der Waals surface area contributed by atoms with Crippen LogP contribution in [0.25, 0.3) is 17.0 Å². The molecular weight excluding hydrogens is 504 g/mol. The van der Waals surface area contributed by atoms with E-state index < -0.39 is 0 Å². The molecule has 1 amide bonds. The number of amides is 1. The highest BCUT2D eigenvalue weighted by atomic mass is 32.2. The van der Waals surface area contributed by atoms with Crippen molar-refractivity contribution in [2.24, 2.45) is 0 Å². The van der Waals surface area contributed by atoms with Crippen LogP contribution >= 0.6 is 24.0 Å². The van der Waals surface area contributed by atoms with Crippen LogP contribution in [0, 0.1) is 0 Å². The first kappa shape index (κ1) is 23.6. The molecule has 2 aliphatic rings. The fraction of sp³-hybridized carbons (Fsp3) is 0.172. The standard InChI is InChI=1S/C29H24N2O4S2/c32-28-27(37-29(36)31(28)13-12-20-6-2-1-3-7-20)16-21-18-30(24-9-5-4-8-23(21)24)14-15-33-22-10-11-25-26(17-22)35-19-34-25/h1-11,16-18H,12-15,19H2/b27-16-. The zero-order valence-electron chi connectivity index (χ0n) is 20.0. The molecule has 3 heterocycles. The van der Waals surface area contributed by atoms with Gasteiger partial charge in [-0.05, 0) is 36.3 Å². The molecule has 0 radical (unpaired) electrons. The molecule has 6 nitrogen and oxygen atoms in total. The second-order valence-electron chi connectivity index (χ2n) is 8.73. The number of aromatic nitrogens is 1. The Morgan fingerprint density at radius 2 is 1.78 bits per heavy atom. The van der Waals surface area contributed by atoms with Crippen LogP contribution in [0.1, 0.15) is 11.1 Å². The Morgan fingerprint density at radius 3 is 2.68 bits per heavy atom. The number of ether oxygens (including phenoxy) is 3. The highest BCUT2D eigenvalue weighted by Gasteiger charge is 2.31. The summed E-state index contributed by atoms with van der Waals surface area (Å²) in [6.45, 7) is 1.95. The van der Waals surface area contributed by atoms with Gasteiger partial charge in [0, 0.05) is 35.3 Å². The van der Waals surface area contributed by atoms with Crippen LogP contribution in [-0.2, 0) is 17.8 Å². The second kappa shape index (κ2) is 10.3. The fourth-order valence-electron chi connectivity index (χ4n) is 4.52. The lowest BCUT2D eigenvalue weighted by Gasteiger charge is -2.14. The van der Waals surface area contributed by atoms with Gasteiger partial charge in [0.05, 0.1) is 11.4 Å². The third kappa shape index (κ3) is 4.95. The summed E-state index contributed by atoms with van der Waals surface area (Å²) < 4.78 is 19.5. The van der Waals surface area contributed by atoms with Gasteiger partial charge in [0.15, 0.2) is 11.5 Å². The Labute approximate surface area is 224 Å². The van der Waals surface area contributed by atoms with E-state index in [2.05, 4.69) is 35.0 Å². The summed E-state index contributed by atoms with van der Waals surface area (Å²) in [4.78, 5) is 15.6. The molecule has 1 aromatic heterocycles. The van der Waals surface area contributed by atoms with Crippen LogP contribution in [0.5, 0.6) is 17.2 Å². The highest BCUT2D eigenvalue weighted by Crippen LogP contribution is 2.36. The third-order valence-electron chi connectivity index (χ3n) is 6.39. The van der Waals surface area contributed by atoms with Crippen molar-refractivity contribution < 1.29 is 19.0 Å². The van der Waals surface area contributed by atoms with E-state index in [1.807, 2.05) is 54.6 Å². The van der Waals surface area contributed by atoms with Crippen LogP contribution in [0.3, 0.4) is 0 Å². The highest BCUT2D eigenvalue weighted by molar-refractivity contribution is 8.26. The van der Waals surface area contributed by atoms with Gasteiger partial charge in [-0.3, -0.25) is 9.69 Å². The normalized spacial score (nSPS) is 15.8. The van der Waals surface area contributed by atoms with Crippen LogP contribution in [0.4, 0.5) is 0 Å². The molecule has 3 aromatic carbocycles. The first-order valence-corrected chi connectivity index (χ1v) is 13.3. The van der Waals surface area contributed by atoms with E-state index in [9.17, 15) is 4.79 Å². The van der Waals surface area contributed by atoms with Gasteiger partial charge in [0.1, 0.15) is 16.7 Å². The molecule has 8 heteroatoms. The summed E-state index contributed by atoms with van der Waals surface area (Å²) in [5, 5.41) is 1.08. The number of thiocarbonyl (C=S) groups is 1. The number of carbonyl (C=O) groups is 1. The quantitative estimate of drug-likeness (QED) is 0.210. The number of fused-ring (bicyclic) bond motifs is 2. The molecule has 4 aromatic rings. The van der Waals surface area contributed by atoms with Crippen molar-refractivity contribution in [1.29, 1.82) is 0 Å². The Morgan fingerprint density at radius 1 is 0.973 bits per heavy atom. The third-order valence-corrected chi connectivity index (χ3v) is 7.77. The predicted octanol–water partition coefficient (Wildman–Crippen LogP) is 5.89. The monoisotopic (exact) mass is 528 g/mol.